The molecule has 4 nitrogen and oxygen atoms in total. The molecule has 90 valence electrons. The molecule has 0 amide bonds. The molecule has 0 fully saturated rings. The molecular formula is C12H15N3OS. The van der Waals surface area contributed by atoms with Crippen molar-refractivity contribution in [3.05, 3.63) is 24.3 Å². The Labute approximate surface area is 105 Å². The second-order valence-corrected chi connectivity index (χ2v) is 4.52. The van der Waals surface area contributed by atoms with Gasteiger partial charge in [0, 0.05) is 12.6 Å². The highest BCUT2D eigenvalue weighted by Crippen LogP contribution is 2.28. The lowest BCUT2D eigenvalue weighted by atomic mass is 10.2. The van der Waals surface area contributed by atoms with Crippen molar-refractivity contribution in [1.82, 2.24) is 10.2 Å². The summed E-state index contributed by atoms with van der Waals surface area (Å²) >= 11 is 1.53. The minimum Gasteiger partial charge on any atom is -0.494 e. The monoisotopic (exact) mass is 249 g/mol. The number of nitrogens with zero attached hydrogens (tertiary/aromatic N) is 2. The topological polar surface area (TPSA) is 47.0 Å². The van der Waals surface area contributed by atoms with Gasteiger partial charge in [-0.15, -0.1) is 10.2 Å². The van der Waals surface area contributed by atoms with Crippen molar-refractivity contribution in [3.63, 3.8) is 0 Å². The van der Waals surface area contributed by atoms with Crippen LogP contribution in [0.25, 0.3) is 10.6 Å². The Morgan fingerprint density at radius 3 is 2.94 bits per heavy atom. The highest BCUT2D eigenvalue weighted by molar-refractivity contribution is 7.18. The van der Waals surface area contributed by atoms with Gasteiger partial charge in [-0.05, 0) is 18.6 Å². The molecule has 0 saturated carbocycles. The second-order valence-electron chi connectivity index (χ2n) is 3.54. The zero-order valence-electron chi connectivity index (χ0n) is 9.93. The van der Waals surface area contributed by atoms with Crippen LogP contribution >= 0.6 is 11.3 Å². The van der Waals surface area contributed by atoms with Crippen LogP contribution in [0.3, 0.4) is 0 Å². The average molecular weight is 249 g/mol. The molecule has 0 unspecified atom stereocenters. The van der Waals surface area contributed by atoms with Gasteiger partial charge in [-0.3, -0.25) is 0 Å². The average Bonchev–Trinajstić information content (AvgIpc) is 2.85. The minimum atomic E-state index is 0.737. The zero-order chi connectivity index (χ0) is 12.1. The van der Waals surface area contributed by atoms with Crippen LogP contribution in [0.5, 0.6) is 5.75 Å². The number of rotatable bonds is 5. The number of benzene rings is 1. The van der Waals surface area contributed by atoms with E-state index in [0.29, 0.717) is 0 Å². The summed E-state index contributed by atoms with van der Waals surface area (Å²) < 4.78 is 5.59. The lowest BCUT2D eigenvalue weighted by Crippen LogP contribution is -1.94. The normalized spacial score (nSPS) is 10.2. The molecule has 2 rings (SSSR count). The maximum absolute atomic E-state index is 5.59. The quantitative estimate of drug-likeness (QED) is 0.884. The zero-order valence-corrected chi connectivity index (χ0v) is 10.8. The molecule has 17 heavy (non-hydrogen) atoms. The van der Waals surface area contributed by atoms with Gasteiger partial charge in [0.15, 0.2) is 0 Å². The van der Waals surface area contributed by atoms with Gasteiger partial charge < -0.3 is 10.1 Å². The highest BCUT2D eigenvalue weighted by atomic mass is 32.1. The van der Waals surface area contributed by atoms with Gasteiger partial charge in [0.1, 0.15) is 10.8 Å². The van der Waals surface area contributed by atoms with Crippen LogP contribution in [-0.2, 0) is 0 Å². The summed E-state index contributed by atoms with van der Waals surface area (Å²) in [7, 11) is 1.84. The van der Waals surface area contributed by atoms with E-state index in [1.807, 2.05) is 31.3 Å². The Balaban J connectivity index is 2.20. The van der Waals surface area contributed by atoms with Crippen molar-refractivity contribution < 1.29 is 4.74 Å². The number of anilines is 1. The Kier molecular flexibility index (Phi) is 3.93. The molecule has 0 saturated heterocycles. The summed E-state index contributed by atoms with van der Waals surface area (Å²) in [6.45, 7) is 2.83. The van der Waals surface area contributed by atoms with Crippen molar-refractivity contribution in [2.45, 2.75) is 13.3 Å². The van der Waals surface area contributed by atoms with Crippen LogP contribution in [0.4, 0.5) is 5.13 Å². The Morgan fingerprint density at radius 2 is 2.24 bits per heavy atom. The first kappa shape index (κ1) is 11.9. The maximum Gasteiger partial charge on any atom is 0.205 e. The molecule has 0 bridgehead atoms. The third kappa shape index (κ3) is 2.94. The van der Waals surface area contributed by atoms with Crippen LogP contribution < -0.4 is 10.1 Å². The fraction of sp³-hybridized carbons (Fsp3) is 0.333. The van der Waals surface area contributed by atoms with Crippen molar-refractivity contribution in [2.24, 2.45) is 0 Å². The van der Waals surface area contributed by atoms with E-state index in [9.17, 15) is 0 Å². The Morgan fingerprint density at radius 1 is 1.35 bits per heavy atom. The summed E-state index contributed by atoms with van der Waals surface area (Å²) in [4.78, 5) is 0. The van der Waals surface area contributed by atoms with Gasteiger partial charge in [0.25, 0.3) is 0 Å². The largest absolute Gasteiger partial charge is 0.494 e. The molecule has 1 aromatic heterocycles. The fourth-order valence-corrected chi connectivity index (χ4v) is 2.07. The van der Waals surface area contributed by atoms with Gasteiger partial charge in [-0.1, -0.05) is 30.4 Å². The van der Waals surface area contributed by atoms with Crippen molar-refractivity contribution in [3.8, 4) is 16.3 Å². The molecule has 1 aromatic carbocycles. The third-order valence-electron chi connectivity index (χ3n) is 2.19. The van der Waals surface area contributed by atoms with E-state index in [2.05, 4.69) is 22.4 Å². The van der Waals surface area contributed by atoms with E-state index in [4.69, 9.17) is 4.74 Å². The standard InChI is InChI=1S/C12H15N3OS/c1-3-7-16-10-6-4-5-9(8-10)11-14-15-12(13-2)17-11/h4-6,8H,3,7H2,1-2H3,(H,13,15). The number of hydrogen-bond donors (Lipinski definition) is 1. The predicted octanol–water partition coefficient (Wildman–Crippen LogP) is 3.04. The number of aromatic nitrogens is 2. The van der Waals surface area contributed by atoms with Gasteiger partial charge in [-0.25, -0.2) is 0 Å². The molecule has 0 spiro atoms. The summed E-state index contributed by atoms with van der Waals surface area (Å²) in [6, 6.07) is 7.94. The summed E-state index contributed by atoms with van der Waals surface area (Å²) in [6.07, 6.45) is 1.01. The first-order chi connectivity index (χ1) is 8.33. The summed E-state index contributed by atoms with van der Waals surface area (Å²) in [5.74, 6) is 0.880. The van der Waals surface area contributed by atoms with Crippen LogP contribution in [-0.4, -0.2) is 23.9 Å². The number of hydrogen-bond acceptors (Lipinski definition) is 5. The molecule has 0 radical (unpaired) electrons. The highest BCUT2D eigenvalue weighted by Gasteiger charge is 2.06. The molecule has 0 aliphatic carbocycles. The summed E-state index contributed by atoms with van der Waals surface area (Å²) in [5, 5.41) is 12.8. The molecule has 0 aliphatic rings. The third-order valence-corrected chi connectivity index (χ3v) is 3.18. The van der Waals surface area contributed by atoms with E-state index >= 15 is 0 Å². The van der Waals surface area contributed by atoms with E-state index in [0.717, 1.165) is 34.5 Å². The van der Waals surface area contributed by atoms with Crippen LogP contribution in [0, 0.1) is 0 Å². The number of ether oxygens (including phenoxy) is 1. The van der Waals surface area contributed by atoms with Gasteiger partial charge in [-0.2, -0.15) is 0 Å². The second kappa shape index (κ2) is 5.63. The molecule has 1 N–H and O–H groups in total. The smallest absolute Gasteiger partial charge is 0.205 e. The fourth-order valence-electron chi connectivity index (χ4n) is 1.38. The molecule has 0 aliphatic heterocycles. The SMILES string of the molecule is CCCOc1cccc(-c2nnc(NC)s2)c1. The Bertz CT molecular complexity index is 484. The van der Waals surface area contributed by atoms with E-state index in [1.165, 1.54) is 11.3 Å². The van der Waals surface area contributed by atoms with Crippen molar-refractivity contribution >= 4 is 16.5 Å². The molecule has 1 heterocycles. The Hall–Kier alpha value is -1.62. The van der Waals surface area contributed by atoms with Gasteiger partial charge >= 0.3 is 0 Å². The molecular weight excluding hydrogens is 234 g/mol. The first-order valence-corrected chi connectivity index (χ1v) is 6.39. The van der Waals surface area contributed by atoms with Crippen LogP contribution in [0.2, 0.25) is 0 Å². The minimum absolute atomic E-state index is 0.737. The molecule has 5 heteroatoms. The van der Waals surface area contributed by atoms with E-state index in [-0.39, 0.29) is 0 Å². The van der Waals surface area contributed by atoms with Crippen molar-refractivity contribution in [1.29, 1.82) is 0 Å². The molecule has 0 atom stereocenters. The molecule has 2 aromatic rings. The number of nitrogens with one attached hydrogen (secondary N) is 1. The first-order valence-electron chi connectivity index (χ1n) is 5.58. The maximum atomic E-state index is 5.59. The van der Waals surface area contributed by atoms with Crippen molar-refractivity contribution in [2.75, 3.05) is 19.0 Å². The predicted molar refractivity (Wildman–Crippen MR) is 70.7 cm³/mol. The van der Waals surface area contributed by atoms with Crippen LogP contribution in [0.15, 0.2) is 24.3 Å². The van der Waals surface area contributed by atoms with Gasteiger partial charge in [0.2, 0.25) is 5.13 Å². The van der Waals surface area contributed by atoms with E-state index < -0.39 is 0 Å². The summed E-state index contributed by atoms with van der Waals surface area (Å²) in [5.41, 5.74) is 1.04. The lowest BCUT2D eigenvalue weighted by molar-refractivity contribution is 0.317. The lowest BCUT2D eigenvalue weighted by Gasteiger charge is -2.04. The van der Waals surface area contributed by atoms with Crippen LogP contribution in [0.1, 0.15) is 13.3 Å². The van der Waals surface area contributed by atoms with E-state index in [1.54, 1.807) is 0 Å². The van der Waals surface area contributed by atoms with Gasteiger partial charge in [0.05, 0.1) is 6.61 Å².